The van der Waals surface area contributed by atoms with Crippen molar-refractivity contribution in [1.29, 1.82) is 0 Å². The number of imidazole rings is 1. The highest BCUT2D eigenvalue weighted by Crippen LogP contribution is 2.34. The molecular formula is C23H20ClFN2OS. The number of hydrogen-bond donors (Lipinski definition) is 0. The fourth-order valence-corrected chi connectivity index (χ4v) is 4.55. The first-order chi connectivity index (χ1) is 14.1. The maximum Gasteiger partial charge on any atom is 0.169 e. The zero-order valence-electron chi connectivity index (χ0n) is 16.1. The van der Waals surface area contributed by atoms with Crippen LogP contribution in [0.15, 0.2) is 71.9 Å². The van der Waals surface area contributed by atoms with Crippen molar-refractivity contribution in [1.82, 2.24) is 9.55 Å². The van der Waals surface area contributed by atoms with Gasteiger partial charge in [0.25, 0.3) is 0 Å². The van der Waals surface area contributed by atoms with Crippen LogP contribution in [0.2, 0.25) is 5.02 Å². The van der Waals surface area contributed by atoms with Crippen LogP contribution in [0.25, 0.3) is 11.0 Å². The van der Waals surface area contributed by atoms with Crippen molar-refractivity contribution in [2.75, 3.05) is 7.11 Å². The zero-order valence-corrected chi connectivity index (χ0v) is 17.7. The molecule has 3 nitrogen and oxygen atoms in total. The summed E-state index contributed by atoms with van der Waals surface area (Å²) in [5.74, 6) is 0.487. The van der Waals surface area contributed by atoms with Crippen LogP contribution in [0.3, 0.4) is 0 Å². The van der Waals surface area contributed by atoms with Crippen molar-refractivity contribution in [3.63, 3.8) is 0 Å². The van der Waals surface area contributed by atoms with Gasteiger partial charge in [-0.1, -0.05) is 59.8 Å². The molecule has 3 aromatic carbocycles. The largest absolute Gasteiger partial charge is 0.494 e. The van der Waals surface area contributed by atoms with Crippen LogP contribution < -0.4 is 4.74 Å². The fourth-order valence-electron chi connectivity index (χ4n) is 3.35. The first-order valence-electron chi connectivity index (χ1n) is 9.24. The summed E-state index contributed by atoms with van der Waals surface area (Å²) < 4.78 is 21.3. The van der Waals surface area contributed by atoms with E-state index in [1.165, 1.54) is 18.7 Å². The lowest BCUT2D eigenvalue weighted by atomic mass is 10.1. The Bertz CT molecular complexity index is 1150. The number of methoxy groups -OCH3 is 1. The van der Waals surface area contributed by atoms with Crippen molar-refractivity contribution >= 4 is 34.4 Å². The van der Waals surface area contributed by atoms with E-state index in [1.807, 2.05) is 42.5 Å². The Labute approximate surface area is 178 Å². The minimum Gasteiger partial charge on any atom is -0.494 e. The van der Waals surface area contributed by atoms with Crippen LogP contribution in [0.5, 0.6) is 5.75 Å². The number of nitrogens with zero attached hydrogens (tertiary/aromatic N) is 2. The number of fused-ring (bicyclic) bond motifs is 1. The minimum absolute atomic E-state index is 0.0949. The summed E-state index contributed by atoms with van der Waals surface area (Å²) in [5.41, 5.74) is 3.94. The predicted octanol–water partition coefficient (Wildman–Crippen LogP) is 6.74. The molecular weight excluding hydrogens is 407 g/mol. The third kappa shape index (κ3) is 4.11. The van der Waals surface area contributed by atoms with Gasteiger partial charge in [-0.25, -0.2) is 9.37 Å². The molecule has 0 aliphatic rings. The molecule has 0 N–H and O–H groups in total. The van der Waals surface area contributed by atoms with Crippen molar-refractivity contribution in [2.24, 2.45) is 0 Å². The Morgan fingerprint density at radius 3 is 2.62 bits per heavy atom. The topological polar surface area (TPSA) is 27.1 Å². The molecule has 4 aromatic rings. The normalized spacial score (nSPS) is 12.3. The van der Waals surface area contributed by atoms with E-state index in [-0.39, 0.29) is 17.6 Å². The summed E-state index contributed by atoms with van der Waals surface area (Å²) in [4.78, 5) is 4.81. The molecule has 1 atom stereocenters. The molecule has 0 saturated heterocycles. The fraction of sp³-hybridized carbons (Fsp3) is 0.174. The number of aromatic nitrogens is 2. The standard InChI is InChI=1S/C23H20ClFN2OS/c1-15(17-6-4-3-5-7-17)27-21-10-9-18(24)13-20(21)26-23(27)29-14-16-8-11-22(28-2)19(25)12-16/h3-13,15H,14H2,1-2H3. The lowest BCUT2D eigenvalue weighted by molar-refractivity contribution is 0.386. The lowest BCUT2D eigenvalue weighted by Crippen LogP contribution is -2.08. The Balaban J connectivity index is 1.70. The number of thioether (sulfide) groups is 1. The Morgan fingerprint density at radius 2 is 1.90 bits per heavy atom. The third-order valence-electron chi connectivity index (χ3n) is 4.87. The molecule has 0 saturated carbocycles. The number of rotatable bonds is 6. The van der Waals surface area contributed by atoms with Crippen LogP contribution in [-0.2, 0) is 5.75 Å². The molecule has 1 aromatic heterocycles. The van der Waals surface area contributed by atoms with Gasteiger partial charge in [0.1, 0.15) is 0 Å². The van der Waals surface area contributed by atoms with E-state index in [4.69, 9.17) is 21.3 Å². The summed E-state index contributed by atoms with van der Waals surface area (Å²) in [7, 11) is 1.46. The maximum atomic E-state index is 14.0. The highest BCUT2D eigenvalue weighted by Gasteiger charge is 2.18. The van der Waals surface area contributed by atoms with Gasteiger partial charge in [0.05, 0.1) is 24.2 Å². The summed E-state index contributed by atoms with van der Waals surface area (Å²) in [6.45, 7) is 2.15. The van der Waals surface area contributed by atoms with Gasteiger partial charge in [-0.3, -0.25) is 0 Å². The number of hydrogen-bond acceptors (Lipinski definition) is 3. The van der Waals surface area contributed by atoms with Crippen molar-refractivity contribution in [3.05, 3.63) is 88.7 Å². The predicted molar refractivity (Wildman–Crippen MR) is 118 cm³/mol. The summed E-state index contributed by atoms with van der Waals surface area (Å²) in [5, 5.41) is 1.53. The number of halogens is 2. The van der Waals surface area contributed by atoms with Gasteiger partial charge in [0, 0.05) is 10.8 Å². The molecule has 6 heteroatoms. The van der Waals surface area contributed by atoms with Crippen LogP contribution in [0.1, 0.15) is 24.1 Å². The van der Waals surface area contributed by atoms with E-state index in [2.05, 4.69) is 23.6 Å². The van der Waals surface area contributed by atoms with Gasteiger partial charge >= 0.3 is 0 Å². The maximum absolute atomic E-state index is 14.0. The second-order valence-corrected chi connectivity index (χ2v) is 8.12. The summed E-state index contributed by atoms with van der Waals surface area (Å²) in [6.07, 6.45) is 0. The molecule has 0 bridgehead atoms. The molecule has 0 aliphatic heterocycles. The Hall–Kier alpha value is -2.50. The monoisotopic (exact) mass is 426 g/mol. The average Bonchev–Trinajstić information content (AvgIpc) is 3.09. The number of benzene rings is 3. The first-order valence-corrected chi connectivity index (χ1v) is 10.6. The van der Waals surface area contributed by atoms with Gasteiger partial charge < -0.3 is 9.30 Å². The average molecular weight is 427 g/mol. The third-order valence-corrected chi connectivity index (χ3v) is 6.13. The molecule has 148 valence electrons. The SMILES string of the molecule is COc1ccc(CSc2nc3cc(Cl)ccc3n2C(C)c2ccccc2)cc1F. The second kappa shape index (κ2) is 8.47. The minimum atomic E-state index is -0.358. The molecule has 29 heavy (non-hydrogen) atoms. The molecule has 0 spiro atoms. The number of ether oxygens (including phenoxy) is 1. The Morgan fingerprint density at radius 1 is 1.10 bits per heavy atom. The molecule has 1 unspecified atom stereocenters. The van der Waals surface area contributed by atoms with E-state index < -0.39 is 0 Å². The van der Waals surface area contributed by atoms with Gasteiger partial charge in [-0.15, -0.1) is 0 Å². The smallest absolute Gasteiger partial charge is 0.169 e. The lowest BCUT2D eigenvalue weighted by Gasteiger charge is -2.18. The van der Waals surface area contributed by atoms with Crippen LogP contribution in [0.4, 0.5) is 4.39 Å². The van der Waals surface area contributed by atoms with Gasteiger partial charge in [-0.2, -0.15) is 0 Å². The van der Waals surface area contributed by atoms with E-state index in [1.54, 1.807) is 17.8 Å². The Kier molecular flexibility index (Phi) is 5.79. The van der Waals surface area contributed by atoms with Crippen LogP contribution in [0, 0.1) is 5.82 Å². The van der Waals surface area contributed by atoms with Crippen LogP contribution >= 0.6 is 23.4 Å². The van der Waals surface area contributed by atoms with Gasteiger partial charge in [0.2, 0.25) is 0 Å². The molecule has 0 aliphatic carbocycles. The zero-order chi connectivity index (χ0) is 20.4. The first kappa shape index (κ1) is 19.8. The summed E-state index contributed by atoms with van der Waals surface area (Å²) >= 11 is 7.76. The van der Waals surface area contributed by atoms with Crippen molar-refractivity contribution in [2.45, 2.75) is 23.9 Å². The van der Waals surface area contributed by atoms with Gasteiger partial charge in [0.15, 0.2) is 16.7 Å². The molecule has 0 radical (unpaired) electrons. The van der Waals surface area contributed by atoms with Crippen molar-refractivity contribution < 1.29 is 9.13 Å². The molecule has 0 fully saturated rings. The summed E-state index contributed by atoms with van der Waals surface area (Å²) in [6, 6.07) is 21.2. The van der Waals surface area contributed by atoms with E-state index >= 15 is 0 Å². The highest BCUT2D eigenvalue weighted by molar-refractivity contribution is 7.98. The van der Waals surface area contributed by atoms with E-state index in [9.17, 15) is 4.39 Å². The quantitative estimate of drug-likeness (QED) is 0.319. The van der Waals surface area contributed by atoms with E-state index in [0.717, 1.165) is 21.8 Å². The second-order valence-electron chi connectivity index (χ2n) is 6.74. The van der Waals surface area contributed by atoms with Crippen molar-refractivity contribution in [3.8, 4) is 5.75 Å². The van der Waals surface area contributed by atoms with Crippen LogP contribution in [-0.4, -0.2) is 16.7 Å². The highest BCUT2D eigenvalue weighted by atomic mass is 35.5. The molecule has 1 heterocycles. The molecule has 0 amide bonds. The van der Waals surface area contributed by atoms with E-state index in [0.29, 0.717) is 10.8 Å². The van der Waals surface area contributed by atoms with Gasteiger partial charge in [-0.05, 0) is 48.4 Å². The molecule has 4 rings (SSSR count).